The zero-order valence-electron chi connectivity index (χ0n) is 11.9. The molecule has 0 aliphatic rings. The molecule has 0 aromatic heterocycles. The highest BCUT2D eigenvalue weighted by Crippen LogP contribution is 2.21. The maximum Gasteiger partial charge on any atom is 0.265 e. The number of nitrogens with two attached hydrogens (primary N) is 1. The first-order valence-electron chi connectivity index (χ1n) is 6.55. The molecule has 0 fully saturated rings. The zero-order valence-corrected chi connectivity index (χ0v) is 11.9. The molecule has 0 saturated carbocycles. The summed E-state index contributed by atoms with van der Waals surface area (Å²) in [6.07, 6.45) is -0.712. The third-order valence-corrected chi connectivity index (χ3v) is 3.13. The van der Waals surface area contributed by atoms with Gasteiger partial charge in [0.15, 0.2) is 6.10 Å². The number of anilines is 2. The second-order valence-corrected chi connectivity index (χ2v) is 4.72. The molecule has 1 unspecified atom stereocenters. The lowest BCUT2D eigenvalue weighted by Gasteiger charge is -2.16. The number of benzene rings is 2. The maximum absolute atomic E-state index is 12.8. The molecule has 5 heteroatoms. The van der Waals surface area contributed by atoms with Gasteiger partial charge in [-0.2, -0.15) is 0 Å². The SMILES string of the molecule is Cc1c(N)cccc1NC(=O)C(C)Oc1ccc(F)cc1. The van der Waals surface area contributed by atoms with Crippen molar-refractivity contribution in [1.82, 2.24) is 0 Å². The Morgan fingerprint density at radius 1 is 1.24 bits per heavy atom. The fourth-order valence-corrected chi connectivity index (χ4v) is 1.79. The van der Waals surface area contributed by atoms with Crippen molar-refractivity contribution in [1.29, 1.82) is 0 Å². The van der Waals surface area contributed by atoms with Crippen molar-refractivity contribution < 1.29 is 13.9 Å². The predicted octanol–water partition coefficient (Wildman–Crippen LogP) is 3.12. The van der Waals surface area contributed by atoms with E-state index in [9.17, 15) is 9.18 Å². The summed E-state index contributed by atoms with van der Waals surface area (Å²) in [5.74, 6) is -0.216. The number of carbonyl (C=O) groups excluding carboxylic acids is 1. The lowest BCUT2D eigenvalue weighted by Crippen LogP contribution is -2.30. The number of rotatable bonds is 4. The second kappa shape index (κ2) is 6.26. The Hall–Kier alpha value is -2.56. The number of nitrogens with one attached hydrogen (secondary N) is 1. The number of amides is 1. The van der Waals surface area contributed by atoms with Crippen LogP contribution in [0.4, 0.5) is 15.8 Å². The van der Waals surface area contributed by atoms with E-state index in [1.165, 1.54) is 24.3 Å². The Labute approximate surface area is 122 Å². The van der Waals surface area contributed by atoms with Crippen LogP contribution in [0.25, 0.3) is 0 Å². The Kier molecular flexibility index (Phi) is 4.42. The molecule has 0 aliphatic carbocycles. The van der Waals surface area contributed by atoms with Gasteiger partial charge >= 0.3 is 0 Å². The van der Waals surface area contributed by atoms with E-state index in [1.54, 1.807) is 25.1 Å². The van der Waals surface area contributed by atoms with Crippen LogP contribution in [0.5, 0.6) is 5.75 Å². The highest BCUT2D eigenvalue weighted by atomic mass is 19.1. The van der Waals surface area contributed by atoms with Gasteiger partial charge in [0.25, 0.3) is 5.91 Å². The minimum absolute atomic E-state index is 0.298. The van der Waals surface area contributed by atoms with Crippen molar-refractivity contribution in [3.8, 4) is 5.75 Å². The average Bonchev–Trinajstić information content (AvgIpc) is 2.46. The molecule has 1 amide bonds. The van der Waals surface area contributed by atoms with E-state index < -0.39 is 6.10 Å². The first-order chi connectivity index (χ1) is 9.97. The van der Waals surface area contributed by atoms with Crippen LogP contribution in [0.2, 0.25) is 0 Å². The van der Waals surface area contributed by atoms with Gasteiger partial charge in [-0.15, -0.1) is 0 Å². The predicted molar refractivity (Wildman–Crippen MR) is 80.7 cm³/mol. The number of nitrogen functional groups attached to an aromatic ring is 1. The van der Waals surface area contributed by atoms with Crippen molar-refractivity contribution in [2.75, 3.05) is 11.1 Å². The number of hydrogen-bond donors (Lipinski definition) is 2. The fourth-order valence-electron chi connectivity index (χ4n) is 1.79. The molecule has 0 aliphatic heterocycles. The minimum atomic E-state index is -0.712. The van der Waals surface area contributed by atoms with E-state index in [2.05, 4.69) is 5.32 Å². The van der Waals surface area contributed by atoms with Crippen LogP contribution in [0.3, 0.4) is 0 Å². The normalized spacial score (nSPS) is 11.8. The number of ether oxygens (including phenoxy) is 1. The topological polar surface area (TPSA) is 64.3 Å². The van der Waals surface area contributed by atoms with Crippen LogP contribution < -0.4 is 15.8 Å². The summed E-state index contributed by atoms with van der Waals surface area (Å²) in [6, 6.07) is 10.8. The molecule has 0 radical (unpaired) electrons. The molecule has 1 atom stereocenters. The van der Waals surface area contributed by atoms with Crippen LogP contribution in [0.15, 0.2) is 42.5 Å². The summed E-state index contributed by atoms with van der Waals surface area (Å²) in [5.41, 5.74) is 7.86. The highest BCUT2D eigenvalue weighted by molar-refractivity contribution is 5.95. The van der Waals surface area contributed by atoms with Crippen molar-refractivity contribution in [3.63, 3.8) is 0 Å². The summed E-state index contributed by atoms with van der Waals surface area (Å²) in [6.45, 7) is 3.46. The van der Waals surface area contributed by atoms with Crippen molar-refractivity contribution in [2.45, 2.75) is 20.0 Å². The molecule has 2 rings (SSSR count). The van der Waals surface area contributed by atoms with Gasteiger partial charge < -0.3 is 15.8 Å². The Bertz CT molecular complexity index is 641. The second-order valence-electron chi connectivity index (χ2n) is 4.72. The summed E-state index contributed by atoms with van der Waals surface area (Å²) < 4.78 is 18.3. The molecule has 110 valence electrons. The summed E-state index contributed by atoms with van der Waals surface area (Å²) in [7, 11) is 0. The van der Waals surface area contributed by atoms with E-state index in [-0.39, 0.29) is 11.7 Å². The molecule has 0 spiro atoms. The molecule has 4 nitrogen and oxygen atoms in total. The highest BCUT2D eigenvalue weighted by Gasteiger charge is 2.16. The van der Waals surface area contributed by atoms with E-state index in [0.29, 0.717) is 17.1 Å². The van der Waals surface area contributed by atoms with Crippen LogP contribution >= 0.6 is 0 Å². The quantitative estimate of drug-likeness (QED) is 0.850. The first kappa shape index (κ1) is 14.8. The van der Waals surface area contributed by atoms with Crippen LogP contribution in [-0.4, -0.2) is 12.0 Å². The van der Waals surface area contributed by atoms with Crippen molar-refractivity contribution in [2.24, 2.45) is 0 Å². The molecule has 0 bridgehead atoms. The van der Waals surface area contributed by atoms with Crippen LogP contribution in [0, 0.1) is 12.7 Å². The summed E-state index contributed by atoms with van der Waals surface area (Å²) in [5, 5.41) is 2.76. The molecular weight excluding hydrogens is 271 g/mol. The van der Waals surface area contributed by atoms with Crippen molar-refractivity contribution in [3.05, 3.63) is 53.8 Å². The fraction of sp³-hybridized carbons (Fsp3) is 0.188. The number of halogens is 1. The largest absolute Gasteiger partial charge is 0.481 e. The lowest BCUT2D eigenvalue weighted by molar-refractivity contribution is -0.122. The third kappa shape index (κ3) is 3.72. The molecule has 2 aromatic rings. The molecule has 0 saturated heterocycles. The van der Waals surface area contributed by atoms with Crippen LogP contribution in [-0.2, 0) is 4.79 Å². The van der Waals surface area contributed by atoms with Crippen LogP contribution in [0.1, 0.15) is 12.5 Å². The van der Waals surface area contributed by atoms with E-state index in [4.69, 9.17) is 10.5 Å². The molecular formula is C16H17FN2O2. The van der Waals surface area contributed by atoms with E-state index in [1.807, 2.05) is 6.92 Å². The minimum Gasteiger partial charge on any atom is -0.481 e. The monoisotopic (exact) mass is 288 g/mol. The van der Waals surface area contributed by atoms with Crippen molar-refractivity contribution >= 4 is 17.3 Å². The van der Waals surface area contributed by atoms with Gasteiger partial charge in [-0.3, -0.25) is 4.79 Å². The van der Waals surface area contributed by atoms with E-state index in [0.717, 1.165) is 5.56 Å². The Balaban J connectivity index is 2.02. The third-order valence-electron chi connectivity index (χ3n) is 3.13. The van der Waals surface area contributed by atoms with Gasteiger partial charge in [-0.05, 0) is 55.8 Å². The molecule has 3 N–H and O–H groups in total. The van der Waals surface area contributed by atoms with Gasteiger partial charge in [0.2, 0.25) is 0 Å². The zero-order chi connectivity index (χ0) is 15.4. The number of carbonyl (C=O) groups is 1. The number of hydrogen-bond acceptors (Lipinski definition) is 3. The molecule has 21 heavy (non-hydrogen) atoms. The Morgan fingerprint density at radius 2 is 1.90 bits per heavy atom. The van der Waals surface area contributed by atoms with Gasteiger partial charge in [-0.25, -0.2) is 4.39 Å². The molecule has 0 heterocycles. The molecule has 2 aromatic carbocycles. The lowest BCUT2D eigenvalue weighted by atomic mass is 10.1. The first-order valence-corrected chi connectivity index (χ1v) is 6.55. The van der Waals surface area contributed by atoms with Gasteiger partial charge in [-0.1, -0.05) is 6.07 Å². The average molecular weight is 288 g/mol. The summed E-state index contributed by atoms with van der Waals surface area (Å²) >= 11 is 0. The smallest absolute Gasteiger partial charge is 0.265 e. The van der Waals surface area contributed by atoms with Gasteiger partial charge in [0.1, 0.15) is 11.6 Å². The maximum atomic E-state index is 12.8. The Morgan fingerprint density at radius 3 is 2.57 bits per heavy atom. The van der Waals surface area contributed by atoms with E-state index >= 15 is 0 Å². The summed E-state index contributed by atoms with van der Waals surface area (Å²) in [4.78, 5) is 12.1. The van der Waals surface area contributed by atoms with Gasteiger partial charge in [0, 0.05) is 11.4 Å². The van der Waals surface area contributed by atoms with Gasteiger partial charge in [0.05, 0.1) is 0 Å². The standard InChI is InChI=1S/C16H17FN2O2/c1-10-14(18)4-3-5-15(10)19-16(20)11(2)21-13-8-6-12(17)7-9-13/h3-9,11H,18H2,1-2H3,(H,19,20).